The summed E-state index contributed by atoms with van der Waals surface area (Å²) in [5, 5.41) is 3.13. The van der Waals surface area contributed by atoms with Crippen molar-refractivity contribution in [3.8, 4) is 11.5 Å². The number of hydrogen-bond donors (Lipinski definition) is 1. The maximum Gasteiger partial charge on any atom is 0.331 e. The number of nitrogens with one attached hydrogen (secondary N) is 1. The molecule has 0 saturated heterocycles. The van der Waals surface area contributed by atoms with Crippen molar-refractivity contribution in [1.82, 2.24) is 0 Å². The molecule has 26 heavy (non-hydrogen) atoms. The van der Waals surface area contributed by atoms with Gasteiger partial charge < -0.3 is 19.5 Å². The first kappa shape index (κ1) is 17.8. The van der Waals surface area contributed by atoms with E-state index in [-0.39, 0.29) is 6.79 Å². The molecule has 0 fully saturated rings. The zero-order valence-corrected chi connectivity index (χ0v) is 14.7. The second kappa shape index (κ2) is 7.93. The number of esters is 1. The lowest BCUT2D eigenvalue weighted by Crippen LogP contribution is -2.29. The number of anilines is 1. The molecule has 134 valence electrons. The van der Waals surface area contributed by atoms with E-state index in [1.54, 1.807) is 48.5 Å². The Labute approximate surface area is 155 Å². The first-order valence-corrected chi connectivity index (χ1v) is 8.24. The highest BCUT2D eigenvalue weighted by atomic mass is 35.5. The molecule has 0 saturated carbocycles. The Balaban J connectivity index is 1.54. The molecule has 1 amide bonds. The molecule has 1 N–H and O–H groups in total. The van der Waals surface area contributed by atoms with Gasteiger partial charge in [-0.25, -0.2) is 4.79 Å². The Kier molecular flexibility index (Phi) is 5.43. The van der Waals surface area contributed by atoms with Crippen molar-refractivity contribution >= 4 is 35.2 Å². The second-order valence-electron chi connectivity index (χ2n) is 5.52. The Morgan fingerprint density at radius 1 is 1.19 bits per heavy atom. The molecule has 2 aromatic carbocycles. The van der Waals surface area contributed by atoms with Gasteiger partial charge in [-0.1, -0.05) is 23.7 Å². The number of halogens is 1. The van der Waals surface area contributed by atoms with E-state index < -0.39 is 18.0 Å². The molecule has 1 aliphatic heterocycles. The van der Waals surface area contributed by atoms with Gasteiger partial charge in [-0.15, -0.1) is 0 Å². The van der Waals surface area contributed by atoms with Crippen LogP contribution in [0.1, 0.15) is 12.5 Å². The Morgan fingerprint density at radius 3 is 2.81 bits per heavy atom. The third-order valence-corrected chi connectivity index (χ3v) is 3.80. The number of carbonyl (C=O) groups excluding carboxylic acids is 2. The standard InChI is InChI=1S/C19H16ClNO5/c1-12(19(23)21-15-4-2-3-14(20)10-15)26-18(22)8-6-13-5-7-16-17(9-13)25-11-24-16/h2-10,12H,11H2,1H3,(H,21,23). The van der Waals surface area contributed by atoms with E-state index in [0.29, 0.717) is 22.2 Å². The number of fused-ring (bicyclic) bond motifs is 1. The lowest BCUT2D eigenvalue weighted by Gasteiger charge is -2.12. The van der Waals surface area contributed by atoms with Crippen LogP contribution in [0.3, 0.4) is 0 Å². The lowest BCUT2D eigenvalue weighted by molar-refractivity contribution is -0.148. The molecule has 0 aromatic heterocycles. The Hall–Kier alpha value is -2.99. The summed E-state index contributed by atoms with van der Waals surface area (Å²) in [6, 6.07) is 12.0. The van der Waals surface area contributed by atoms with Gasteiger partial charge in [-0.2, -0.15) is 0 Å². The van der Waals surface area contributed by atoms with Crippen molar-refractivity contribution < 1.29 is 23.8 Å². The van der Waals surface area contributed by atoms with Gasteiger partial charge in [0.15, 0.2) is 17.6 Å². The lowest BCUT2D eigenvalue weighted by atomic mass is 10.2. The molecule has 1 aliphatic rings. The van der Waals surface area contributed by atoms with Gasteiger partial charge in [-0.05, 0) is 48.9 Å². The summed E-state index contributed by atoms with van der Waals surface area (Å²) in [4.78, 5) is 24.0. The fraction of sp³-hybridized carbons (Fsp3) is 0.158. The monoisotopic (exact) mass is 373 g/mol. The van der Waals surface area contributed by atoms with Crippen LogP contribution >= 0.6 is 11.6 Å². The first-order chi connectivity index (χ1) is 12.5. The largest absolute Gasteiger partial charge is 0.454 e. The predicted molar refractivity (Wildman–Crippen MR) is 97.2 cm³/mol. The summed E-state index contributed by atoms with van der Waals surface area (Å²) in [5.41, 5.74) is 1.28. The minimum Gasteiger partial charge on any atom is -0.454 e. The van der Waals surface area contributed by atoms with E-state index in [1.807, 2.05) is 0 Å². The molecule has 3 rings (SSSR count). The maximum absolute atomic E-state index is 12.1. The van der Waals surface area contributed by atoms with Crippen LogP contribution in [0.25, 0.3) is 6.08 Å². The van der Waals surface area contributed by atoms with Gasteiger partial charge in [-0.3, -0.25) is 4.79 Å². The molecule has 1 unspecified atom stereocenters. The van der Waals surface area contributed by atoms with Crippen LogP contribution in [0, 0.1) is 0 Å². The topological polar surface area (TPSA) is 73.9 Å². The molecular weight excluding hydrogens is 358 g/mol. The number of benzene rings is 2. The number of rotatable bonds is 5. The summed E-state index contributed by atoms with van der Waals surface area (Å²) in [5.74, 6) is 0.208. The zero-order chi connectivity index (χ0) is 18.5. The van der Waals surface area contributed by atoms with Crippen molar-refractivity contribution in [2.45, 2.75) is 13.0 Å². The Bertz CT molecular complexity index is 865. The van der Waals surface area contributed by atoms with Gasteiger partial charge in [0.25, 0.3) is 5.91 Å². The molecule has 7 heteroatoms. The Morgan fingerprint density at radius 2 is 2.00 bits per heavy atom. The molecule has 0 bridgehead atoms. The van der Waals surface area contributed by atoms with Crippen LogP contribution in [-0.2, 0) is 14.3 Å². The molecule has 1 atom stereocenters. The number of amides is 1. The van der Waals surface area contributed by atoms with Crippen molar-refractivity contribution in [3.05, 3.63) is 59.1 Å². The highest BCUT2D eigenvalue weighted by molar-refractivity contribution is 6.30. The van der Waals surface area contributed by atoms with E-state index in [1.165, 1.54) is 13.0 Å². The average Bonchev–Trinajstić information content (AvgIpc) is 3.07. The average molecular weight is 374 g/mol. The molecule has 2 aromatic rings. The summed E-state index contributed by atoms with van der Waals surface area (Å²) < 4.78 is 15.6. The highest BCUT2D eigenvalue weighted by Crippen LogP contribution is 2.32. The van der Waals surface area contributed by atoms with Gasteiger partial charge >= 0.3 is 5.97 Å². The van der Waals surface area contributed by atoms with Crippen molar-refractivity contribution in [2.75, 3.05) is 12.1 Å². The van der Waals surface area contributed by atoms with Gasteiger partial charge in [0.1, 0.15) is 0 Å². The van der Waals surface area contributed by atoms with E-state index in [2.05, 4.69) is 5.32 Å². The van der Waals surface area contributed by atoms with Crippen molar-refractivity contribution in [3.63, 3.8) is 0 Å². The van der Waals surface area contributed by atoms with Crippen molar-refractivity contribution in [2.24, 2.45) is 0 Å². The van der Waals surface area contributed by atoms with Crippen LogP contribution in [-0.4, -0.2) is 24.8 Å². The van der Waals surface area contributed by atoms with Gasteiger partial charge in [0, 0.05) is 16.8 Å². The summed E-state index contributed by atoms with van der Waals surface area (Å²) in [6.45, 7) is 1.68. The SMILES string of the molecule is CC(OC(=O)C=Cc1ccc2c(c1)OCO2)C(=O)Nc1cccc(Cl)c1. The minimum absolute atomic E-state index is 0.184. The molecule has 1 heterocycles. The van der Waals surface area contributed by atoms with E-state index in [0.717, 1.165) is 5.56 Å². The smallest absolute Gasteiger partial charge is 0.331 e. The zero-order valence-electron chi connectivity index (χ0n) is 13.9. The normalized spacial score (nSPS) is 13.5. The minimum atomic E-state index is -0.956. The third kappa shape index (κ3) is 4.55. The molecular formula is C19H16ClNO5. The van der Waals surface area contributed by atoms with Crippen LogP contribution < -0.4 is 14.8 Å². The highest BCUT2D eigenvalue weighted by Gasteiger charge is 2.17. The van der Waals surface area contributed by atoms with E-state index in [4.69, 9.17) is 25.8 Å². The second-order valence-corrected chi connectivity index (χ2v) is 5.96. The van der Waals surface area contributed by atoms with Crippen LogP contribution in [0.2, 0.25) is 5.02 Å². The number of ether oxygens (including phenoxy) is 3. The van der Waals surface area contributed by atoms with E-state index in [9.17, 15) is 9.59 Å². The summed E-state index contributed by atoms with van der Waals surface area (Å²) in [7, 11) is 0. The molecule has 0 aliphatic carbocycles. The molecule has 0 spiro atoms. The third-order valence-electron chi connectivity index (χ3n) is 3.56. The van der Waals surface area contributed by atoms with Crippen molar-refractivity contribution in [1.29, 1.82) is 0 Å². The van der Waals surface area contributed by atoms with Gasteiger partial charge in [0.2, 0.25) is 6.79 Å². The quantitative estimate of drug-likeness (QED) is 0.639. The first-order valence-electron chi connectivity index (χ1n) is 7.86. The van der Waals surface area contributed by atoms with E-state index >= 15 is 0 Å². The summed E-state index contributed by atoms with van der Waals surface area (Å²) >= 11 is 5.86. The maximum atomic E-state index is 12.1. The molecule has 0 radical (unpaired) electrons. The summed E-state index contributed by atoms with van der Waals surface area (Å²) in [6.07, 6.45) is 1.87. The van der Waals surface area contributed by atoms with Gasteiger partial charge in [0.05, 0.1) is 0 Å². The number of hydrogen-bond acceptors (Lipinski definition) is 5. The van der Waals surface area contributed by atoms with Crippen LogP contribution in [0.15, 0.2) is 48.5 Å². The molecule has 6 nitrogen and oxygen atoms in total. The van der Waals surface area contributed by atoms with Crippen LogP contribution in [0.4, 0.5) is 5.69 Å². The fourth-order valence-electron chi connectivity index (χ4n) is 2.26. The fourth-order valence-corrected chi connectivity index (χ4v) is 2.45. The number of carbonyl (C=O) groups is 2. The van der Waals surface area contributed by atoms with Crippen LogP contribution in [0.5, 0.6) is 11.5 Å². The predicted octanol–water partition coefficient (Wildman–Crippen LogP) is 3.65.